The number of nitrogens with zero attached hydrogens (tertiary/aromatic N) is 1. The summed E-state index contributed by atoms with van der Waals surface area (Å²) in [5.74, 6) is -0.108. The summed E-state index contributed by atoms with van der Waals surface area (Å²) < 4.78 is 51.8. The molecular formula is C16H26N2O5S2. The van der Waals surface area contributed by atoms with Crippen molar-refractivity contribution in [2.45, 2.75) is 42.6 Å². The summed E-state index contributed by atoms with van der Waals surface area (Å²) in [6.45, 7) is 0.0509. The van der Waals surface area contributed by atoms with Crippen LogP contribution in [0.25, 0.3) is 0 Å². The van der Waals surface area contributed by atoms with Crippen LogP contribution >= 0.6 is 0 Å². The van der Waals surface area contributed by atoms with Gasteiger partial charge in [0.1, 0.15) is 0 Å². The Labute approximate surface area is 150 Å². The normalized spacial score (nSPS) is 17.9. The number of hydrogen-bond donors (Lipinski definition) is 2. The Morgan fingerprint density at radius 3 is 2.16 bits per heavy atom. The Bertz CT molecular complexity index is 780. The van der Waals surface area contributed by atoms with Gasteiger partial charge in [0.2, 0.25) is 20.0 Å². The smallest absolute Gasteiger partial charge is 0.242 e. The molecule has 0 aromatic heterocycles. The lowest BCUT2D eigenvalue weighted by molar-refractivity contribution is 0.0532. The van der Waals surface area contributed by atoms with Crippen LogP contribution in [0.2, 0.25) is 0 Å². The molecule has 0 heterocycles. The van der Waals surface area contributed by atoms with E-state index in [0.29, 0.717) is 12.8 Å². The van der Waals surface area contributed by atoms with Crippen LogP contribution in [0.4, 0.5) is 0 Å². The van der Waals surface area contributed by atoms with E-state index >= 15 is 0 Å². The maximum atomic E-state index is 12.1. The van der Waals surface area contributed by atoms with Crippen LogP contribution in [-0.2, 0) is 26.5 Å². The molecule has 1 aromatic carbocycles. The van der Waals surface area contributed by atoms with E-state index in [2.05, 4.69) is 4.72 Å². The van der Waals surface area contributed by atoms with E-state index in [1.54, 1.807) is 12.1 Å². The minimum absolute atomic E-state index is 0.0509. The van der Waals surface area contributed by atoms with E-state index in [-0.39, 0.29) is 23.6 Å². The molecule has 1 aliphatic carbocycles. The van der Waals surface area contributed by atoms with Gasteiger partial charge >= 0.3 is 0 Å². The van der Waals surface area contributed by atoms with Crippen molar-refractivity contribution in [2.24, 2.45) is 0 Å². The zero-order chi connectivity index (χ0) is 18.7. The van der Waals surface area contributed by atoms with E-state index < -0.39 is 25.6 Å². The van der Waals surface area contributed by atoms with Gasteiger partial charge in [-0.2, -0.15) is 0 Å². The molecule has 2 rings (SSSR count). The Kier molecular flexibility index (Phi) is 6.26. The van der Waals surface area contributed by atoms with E-state index in [1.165, 1.54) is 26.2 Å². The van der Waals surface area contributed by atoms with E-state index in [9.17, 15) is 21.9 Å². The van der Waals surface area contributed by atoms with Crippen molar-refractivity contribution in [3.05, 3.63) is 29.8 Å². The molecule has 0 amide bonds. The average Bonchev–Trinajstić information content (AvgIpc) is 2.99. The van der Waals surface area contributed by atoms with Gasteiger partial charge < -0.3 is 5.11 Å². The molecule has 0 saturated heterocycles. The average molecular weight is 391 g/mol. The predicted octanol–water partition coefficient (Wildman–Crippen LogP) is 0.704. The number of aryl methyl sites for hydroxylation is 1. The number of rotatable bonds is 8. The molecule has 0 unspecified atom stereocenters. The van der Waals surface area contributed by atoms with Crippen molar-refractivity contribution in [3.8, 4) is 0 Å². The molecule has 1 saturated carbocycles. The zero-order valence-corrected chi connectivity index (χ0v) is 16.2. The molecule has 1 fully saturated rings. The van der Waals surface area contributed by atoms with Crippen molar-refractivity contribution >= 4 is 20.0 Å². The monoisotopic (exact) mass is 390 g/mol. The van der Waals surface area contributed by atoms with Gasteiger partial charge in [0, 0.05) is 20.6 Å². The van der Waals surface area contributed by atoms with Gasteiger partial charge in [-0.25, -0.2) is 25.9 Å². The molecule has 25 heavy (non-hydrogen) atoms. The van der Waals surface area contributed by atoms with Crippen LogP contribution in [0.1, 0.15) is 31.2 Å². The Morgan fingerprint density at radius 1 is 1.08 bits per heavy atom. The molecule has 0 bridgehead atoms. The fourth-order valence-corrected chi connectivity index (χ4v) is 4.86. The van der Waals surface area contributed by atoms with Crippen LogP contribution in [0.3, 0.4) is 0 Å². The second kappa shape index (κ2) is 7.71. The van der Waals surface area contributed by atoms with Gasteiger partial charge in [0.25, 0.3) is 0 Å². The summed E-state index contributed by atoms with van der Waals surface area (Å²) >= 11 is 0. The van der Waals surface area contributed by atoms with Crippen molar-refractivity contribution in [3.63, 3.8) is 0 Å². The SMILES string of the molecule is CN(C)S(=O)(=O)c1ccc(CCS(=O)(=O)NCC2(O)CCCC2)cc1. The molecular weight excluding hydrogens is 364 g/mol. The summed E-state index contributed by atoms with van der Waals surface area (Å²) in [6, 6.07) is 6.20. The van der Waals surface area contributed by atoms with Crippen LogP contribution < -0.4 is 4.72 Å². The Hall–Kier alpha value is -1.00. The number of benzene rings is 1. The Morgan fingerprint density at radius 2 is 1.64 bits per heavy atom. The van der Waals surface area contributed by atoms with Crippen molar-refractivity contribution in [1.29, 1.82) is 0 Å². The third-order valence-electron chi connectivity index (χ3n) is 4.52. The standard InChI is InChI=1S/C16H26N2O5S2/c1-18(2)25(22,23)15-7-5-14(6-8-15)9-12-24(20,21)17-13-16(19)10-3-4-11-16/h5-8,17,19H,3-4,9-13H2,1-2H3. The molecule has 142 valence electrons. The molecule has 7 nitrogen and oxygen atoms in total. The topological polar surface area (TPSA) is 104 Å². The molecule has 0 spiro atoms. The third-order valence-corrected chi connectivity index (χ3v) is 7.67. The summed E-state index contributed by atoms with van der Waals surface area (Å²) in [6.07, 6.45) is 3.35. The van der Waals surface area contributed by atoms with Gasteiger partial charge in [0.15, 0.2) is 0 Å². The van der Waals surface area contributed by atoms with Crippen molar-refractivity contribution < 1.29 is 21.9 Å². The second-order valence-corrected chi connectivity index (χ2v) is 10.8. The quantitative estimate of drug-likeness (QED) is 0.680. The van der Waals surface area contributed by atoms with Gasteiger partial charge in [-0.3, -0.25) is 0 Å². The second-order valence-electron chi connectivity index (χ2n) is 6.75. The fraction of sp³-hybridized carbons (Fsp3) is 0.625. The van der Waals surface area contributed by atoms with Gasteiger partial charge in [-0.05, 0) is 37.0 Å². The number of nitrogens with one attached hydrogen (secondary N) is 1. The van der Waals surface area contributed by atoms with Crippen LogP contribution in [-0.4, -0.2) is 58.2 Å². The molecule has 0 radical (unpaired) electrons. The molecule has 9 heteroatoms. The molecule has 0 atom stereocenters. The third kappa shape index (κ3) is 5.49. The minimum Gasteiger partial charge on any atom is -0.389 e. The van der Waals surface area contributed by atoms with Gasteiger partial charge in [0.05, 0.1) is 16.2 Å². The molecule has 0 aliphatic heterocycles. The lowest BCUT2D eigenvalue weighted by Gasteiger charge is -2.22. The van der Waals surface area contributed by atoms with Crippen LogP contribution in [0, 0.1) is 0 Å². The predicted molar refractivity (Wildman–Crippen MR) is 96.2 cm³/mol. The van der Waals surface area contributed by atoms with Crippen LogP contribution in [0.5, 0.6) is 0 Å². The van der Waals surface area contributed by atoms with E-state index in [0.717, 1.165) is 22.7 Å². The number of hydrogen-bond acceptors (Lipinski definition) is 5. The lowest BCUT2D eigenvalue weighted by Crippen LogP contribution is -2.41. The fourth-order valence-electron chi connectivity index (χ4n) is 2.82. The lowest BCUT2D eigenvalue weighted by atomic mass is 10.0. The van der Waals surface area contributed by atoms with E-state index in [1.807, 2.05) is 0 Å². The Balaban J connectivity index is 1.92. The summed E-state index contributed by atoms with van der Waals surface area (Å²) in [4.78, 5) is 0.172. The first-order valence-electron chi connectivity index (χ1n) is 8.25. The first-order chi connectivity index (χ1) is 11.5. The molecule has 2 N–H and O–H groups in total. The maximum Gasteiger partial charge on any atom is 0.242 e. The van der Waals surface area contributed by atoms with Gasteiger partial charge in [-0.1, -0.05) is 25.0 Å². The van der Waals surface area contributed by atoms with Gasteiger partial charge in [-0.15, -0.1) is 0 Å². The van der Waals surface area contributed by atoms with Crippen LogP contribution in [0.15, 0.2) is 29.2 Å². The van der Waals surface area contributed by atoms with Crippen molar-refractivity contribution in [1.82, 2.24) is 9.03 Å². The highest BCUT2D eigenvalue weighted by Crippen LogP contribution is 2.28. The van der Waals surface area contributed by atoms with E-state index in [4.69, 9.17) is 0 Å². The zero-order valence-electron chi connectivity index (χ0n) is 14.6. The maximum absolute atomic E-state index is 12.1. The highest BCUT2D eigenvalue weighted by molar-refractivity contribution is 7.89. The molecule has 1 aromatic rings. The number of sulfonamides is 2. The number of aliphatic hydroxyl groups is 1. The van der Waals surface area contributed by atoms with Crippen molar-refractivity contribution in [2.75, 3.05) is 26.4 Å². The first-order valence-corrected chi connectivity index (χ1v) is 11.3. The summed E-state index contributed by atoms with van der Waals surface area (Å²) in [7, 11) is -4.06. The highest BCUT2D eigenvalue weighted by Gasteiger charge is 2.32. The summed E-state index contributed by atoms with van der Waals surface area (Å²) in [5, 5.41) is 10.2. The largest absolute Gasteiger partial charge is 0.389 e. The molecule has 1 aliphatic rings. The highest BCUT2D eigenvalue weighted by atomic mass is 32.2. The first kappa shape index (κ1) is 20.3. The minimum atomic E-state index is -3.49. The summed E-state index contributed by atoms with van der Waals surface area (Å²) in [5.41, 5.74) is -0.183.